The third kappa shape index (κ3) is 7.44. The van der Waals surface area contributed by atoms with Gasteiger partial charge in [-0.15, -0.1) is 0 Å². The molecule has 16 rings (SSSR count). The van der Waals surface area contributed by atoms with Crippen molar-refractivity contribution < 1.29 is 4.74 Å². The number of aromatic nitrogens is 1. The summed E-state index contributed by atoms with van der Waals surface area (Å²) in [4.78, 5) is 2.43. The molecule has 1 spiro atoms. The number of hydrogen-bond acceptors (Lipinski definition) is 2. The summed E-state index contributed by atoms with van der Waals surface area (Å²) < 4.78 is 9.05. The van der Waals surface area contributed by atoms with Crippen LogP contribution in [0.5, 0.6) is 11.5 Å². The first kappa shape index (κ1) is 47.3. The molecule has 0 fully saturated rings. The van der Waals surface area contributed by atoms with Gasteiger partial charge in [0.2, 0.25) is 0 Å². The second kappa shape index (κ2) is 19.3. The van der Waals surface area contributed by atoms with Gasteiger partial charge >= 0.3 is 0 Å². The number of anilines is 3. The van der Waals surface area contributed by atoms with Crippen molar-refractivity contribution in [2.24, 2.45) is 0 Å². The van der Waals surface area contributed by atoms with Gasteiger partial charge in [0.1, 0.15) is 11.5 Å². The van der Waals surface area contributed by atoms with Crippen LogP contribution in [0.2, 0.25) is 0 Å². The Labute approximate surface area is 477 Å². The fourth-order valence-corrected chi connectivity index (χ4v) is 13.5. The lowest BCUT2D eigenvalue weighted by Gasteiger charge is -2.39. The van der Waals surface area contributed by atoms with Crippen LogP contribution < -0.4 is 9.64 Å². The van der Waals surface area contributed by atoms with Crippen LogP contribution in [0.25, 0.3) is 94.3 Å². The minimum Gasteiger partial charge on any atom is -0.457 e. The molecule has 2 heterocycles. The lowest BCUT2D eigenvalue weighted by molar-refractivity contribution is 0.436. The zero-order valence-electron chi connectivity index (χ0n) is 44.8. The molecule has 3 nitrogen and oxygen atoms in total. The van der Waals surface area contributed by atoms with Gasteiger partial charge in [0, 0.05) is 44.5 Å². The number of para-hydroxylation sites is 5. The molecule has 1 aliphatic heterocycles. The average Bonchev–Trinajstić information content (AvgIpc) is 2.11. The minimum atomic E-state index is -0.551. The fourth-order valence-electron chi connectivity index (χ4n) is 13.5. The monoisotopic (exact) mass is 1040 g/mol. The smallest absolute Gasteiger partial charge is 0.132 e. The van der Waals surface area contributed by atoms with Gasteiger partial charge in [-0.25, -0.2) is 0 Å². The van der Waals surface area contributed by atoms with Gasteiger partial charge in [0.15, 0.2) is 0 Å². The van der Waals surface area contributed by atoms with Crippen molar-refractivity contribution in [3.63, 3.8) is 0 Å². The molecule has 0 atom stereocenters. The van der Waals surface area contributed by atoms with E-state index in [-0.39, 0.29) is 0 Å². The Kier molecular flexibility index (Phi) is 11.1. The normalized spacial score (nSPS) is 12.6. The molecular formula is C79H52N2O. The van der Waals surface area contributed by atoms with Crippen molar-refractivity contribution in [3.05, 3.63) is 338 Å². The van der Waals surface area contributed by atoms with Crippen molar-refractivity contribution in [1.29, 1.82) is 0 Å². The van der Waals surface area contributed by atoms with Crippen LogP contribution in [-0.4, -0.2) is 4.57 Å². The maximum Gasteiger partial charge on any atom is 0.132 e. The Bertz CT molecular complexity index is 4720. The molecule has 1 aliphatic carbocycles. The molecule has 14 aromatic rings. The van der Waals surface area contributed by atoms with Gasteiger partial charge in [0.25, 0.3) is 0 Å². The van der Waals surface area contributed by atoms with Gasteiger partial charge in [-0.3, -0.25) is 0 Å². The van der Waals surface area contributed by atoms with E-state index in [4.69, 9.17) is 4.74 Å². The molecule has 0 saturated carbocycles. The number of fused-ring (bicyclic) bond motifs is 12. The number of benzene rings is 13. The van der Waals surface area contributed by atoms with E-state index in [0.717, 1.165) is 73.2 Å². The summed E-state index contributed by atoms with van der Waals surface area (Å²) in [7, 11) is 0. The molecule has 82 heavy (non-hydrogen) atoms. The molecule has 2 aliphatic rings. The van der Waals surface area contributed by atoms with E-state index in [1.165, 1.54) is 71.9 Å². The summed E-state index contributed by atoms with van der Waals surface area (Å²) in [5.41, 5.74) is 25.2. The standard InChI is InChI=1S/C79H52N2O/c1-3-21-55(22-4-1)61-25-7-8-26-62(61)63-27-9-10-28-64(63)67-30-12-17-35-74(67)80(59-45-39-53(40-46-59)56-44-50-76-69(51-56)68-31-13-18-36-75(68)81(76)58-23-5-2-6-24-58)60-47-41-54(42-48-60)57-43-49-66-65-29-11-14-32-70(65)79(73(66)52-57)71-33-15-19-37-77(71)82-78-38-20-16-34-72(78)79/h1-52H. The van der Waals surface area contributed by atoms with Crippen LogP contribution in [0, 0.1) is 0 Å². The van der Waals surface area contributed by atoms with Crippen LogP contribution in [0.4, 0.5) is 17.1 Å². The highest BCUT2D eigenvalue weighted by Crippen LogP contribution is 2.62. The molecule has 13 aromatic carbocycles. The maximum absolute atomic E-state index is 6.67. The summed E-state index contributed by atoms with van der Waals surface area (Å²) in [5.74, 6) is 1.78. The molecule has 0 unspecified atom stereocenters. The third-order valence-corrected chi connectivity index (χ3v) is 17.1. The molecule has 0 N–H and O–H groups in total. The van der Waals surface area contributed by atoms with Crippen LogP contribution in [0.3, 0.4) is 0 Å². The van der Waals surface area contributed by atoms with Crippen LogP contribution in [0.15, 0.2) is 315 Å². The Morgan fingerprint density at radius 1 is 0.268 bits per heavy atom. The lowest BCUT2D eigenvalue weighted by Crippen LogP contribution is -2.32. The summed E-state index contributed by atoms with van der Waals surface area (Å²) in [6.07, 6.45) is 0. The van der Waals surface area contributed by atoms with E-state index in [2.05, 4.69) is 325 Å². The second-order valence-electron chi connectivity index (χ2n) is 21.5. The van der Waals surface area contributed by atoms with Crippen molar-refractivity contribution in [1.82, 2.24) is 4.57 Å². The van der Waals surface area contributed by atoms with Crippen LogP contribution in [0.1, 0.15) is 22.3 Å². The molecule has 0 amide bonds. The van der Waals surface area contributed by atoms with E-state index in [0.29, 0.717) is 0 Å². The van der Waals surface area contributed by atoms with E-state index in [1.54, 1.807) is 0 Å². The lowest BCUT2D eigenvalue weighted by atomic mass is 9.66. The third-order valence-electron chi connectivity index (χ3n) is 17.1. The van der Waals surface area contributed by atoms with Crippen LogP contribution >= 0.6 is 0 Å². The highest BCUT2D eigenvalue weighted by atomic mass is 16.5. The molecule has 384 valence electrons. The maximum atomic E-state index is 6.67. The van der Waals surface area contributed by atoms with Gasteiger partial charge in [-0.2, -0.15) is 0 Å². The first-order valence-corrected chi connectivity index (χ1v) is 28.2. The summed E-state index contributed by atoms with van der Waals surface area (Å²) >= 11 is 0. The van der Waals surface area contributed by atoms with Gasteiger partial charge in [-0.05, 0) is 151 Å². The topological polar surface area (TPSA) is 17.4 Å². The Hall–Kier alpha value is -10.7. The predicted molar refractivity (Wildman–Crippen MR) is 340 cm³/mol. The average molecular weight is 1050 g/mol. The van der Waals surface area contributed by atoms with E-state index in [9.17, 15) is 0 Å². The van der Waals surface area contributed by atoms with Gasteiger partial charge in [0.05, 0.1) is 22.1 Å². The SMILES string of the molecule is c1ccc(-c2ccccc2-c2ccccc2-c2ccccc2N(c2ccc(-c3ccc4c(c3)C3(c5ccccc5Oc5ccccc53)c3ccccc3-4)cc2)c2ccc(-c3ccc4c(c3)c3ccccc3n4-c3ccccc3)cc2)cc1. The molecule has 0 saturated heterocycles. The number of nitrogens with zero attached hydrogens (tertiary/aromatic N) is 2. The molecule has 0 radical (unpaired) electrons. The Morgan fingerprint density at radius 3 is 1.39 bits per heavy atom. The van der Waals surface area contributed by atoms with Crippen molar-refractivity contribution in [3.8, 4) is 83.9 Å². The van der Waals surface area contributed by atoms with Crippen molar-refractivity contribution >= 4 is 38.9 Å². The first-order chi connectivity index (χ1) is 40.7. The van der Waals surface area contributed by atoms with Gasteiger partial charge in [-0.1, -0.05) is 237 Å². The van der Waals surface area contributed by atoms with E-state index in [1.807, 2.05) is 0 Å². The highest BCUT2D eigenvalue weighted by molar-refractivity contribution is 6.10. The quantitative estimate of drug-likeness (QED) is 0.143. The first-order valence-electron chi connectivity index (χ1n) is 28.2. The number of ether oxygens (including phenoxy) is 1. The molecule has 3 heteroatoms. The van der Waals surface area contributed by atoms with Crippen molar-refractivity contribution in [2.75, 3.05) is 4.90 Å². The summed E-state index contributed by atoms with van der Waals surface area (Å²) in [5, 5.41) is 2.47. The Balaban J connectivity index is 0.836. The van der Waals surface area contributed by atoms with Crippen molar-refractivity contribution in [2.45, 2.75) is 5.41 Å². The van der Waals surface area contributed by atoms with Crippen LogP contribution in [-0.2, 0) is 5.41 Å². The Morgan fingerprint density at radius 2 is 0.720 bits per heavy atom. The zero-order valence-corrected chi connectivity index (χ0v) is 44.8. The zero-order chi connectivity index (χ0) is 54.1. The number of rotatable bonds is 9. The largest absolute Gasteiger partial charge is 0.457 e. The molecule has 0 bridgehead atoms. The molecular weight excluding hydrogens is 993 g/mol. The fraction of sp³-hybridized carbons (Fsp3) is 0.0127. The minimum absolute atomic E-state index is 0.551. The second-order valence-corrected chi connectivity index (χ2v) is 21.5. The van der Waals surface area contributed by atoms with E-state index >= 15 is 0 Å². The predicted octanol–water partition coefficient (Wildman–Crippen LogP) is 21.1. The van der Waals surface area contributed by atoms with E-state index < -0.39 is 5.41 Å². The number of hydrogen-bond donors (Lipinski definition) is 0. The summed E-state index contributed by atoms with van der Waals surface area (Å²) in [6, 6.07) is 115. The highest BCUT2D eigenvalue weighted by Gasteiger charge is 2.51. The molecule has 1 aromatic heterocycles. The summed E-state index contributed by atoms with van der Waals surface area (Å²) in [6.45, 7) is 0. The van der Waals surface area contributed by atoms with Gasteiger partial charge < -0.3 is 14.2 Å².